The van der Waals surface area contributed by atoms with Gasteiger partial charge in [0.25, 0.3) is 11.8 Å². The van der Waals surface area contributed by atoms with E-state index in [4.69, 9.17) is 30.5 Å². The smallest absolute Gasteiger partial charge is 0.331 e. The van der Waals surface area contributed by atoms with Crippen molar-refractivity contribution < 1.29 is 37.7 Å². The largest absolute Gasteiger partial charge is 0.493 e. The number of halogens is 2. The molecule has 3 aromatic carbocycles. The highest BCUT2D eigenvalue weighted by molar-refractivity contribution is 6.33. The van der Waals surface area contributed by atoms with Gasteiger partial charge in [0.2, 0.25) is 0 Å². The fourth-order valence-corrected chi connectivity index (χ4v) is 4.46. The van der Waals surface area contributed by atoms with E-state index in [-0.39, 0.29) is 41.9 Å². The maximum absolute atomic E-state index is 13.6. The van der Waals surface area contributed by atoms with Crippen molar-refractivity contribution in [2.45, 2.75) is 33.4 Å². The van der Waals surface area contributed by atoms with E-state index in [1.165, 1.54) is 31.4 Å². The summed E-state index contributed by atoms with van der Waals surface area (Å²) in [5.74, 6) is -0.538. The maximum Gasteiger partial charge on any atom is 0.331 e. The molecule has 3 aromatic rings. The molecule has 0 saturated carbocycles. The van der Waals surface area contributed by atoms with Gasteiger partial charge in [-0.25, -0.2) is 9.18 Å². The van der Waals surface area contributed by atoms with Crippen LogP contribution >= 0.6 is 11.6 Å². The Morgan fingerprint density at radius 3 is 2.45 bits per heavy atom. The van der Waals surface area contributed by atoms with Crippen LogP contribution in [-0.2, 0) is 22.7 Å². The number of carbonyl (C=O) groups excluding carboxylic acids is 3. The summed E-state index contributed by atoms with van der Waals surface area (Å²) in [7, 11) is 1.50. The van der Waals surface area contributed by atoms with Crippen molar-refractivity contribution in [3.8, 4) is 23.0 Å². The third-order valence-corrected chi connectivity index (χ3v) is 6.41. The number of nitrogens with zero attached hydrogens (tertiary/aromatic N) is 1. The monoisotopic (exact) mass is 596 g/mol. The number of barbiturate groups is 1. The summed E-state index contributed by atoms with van der Waals surface area (Å²) in [5.41, 5.74) is 1.29. The van der Waals surface area contributed by atoms with E-state index in [1.807, 2.05) is 6.92 Å². The lowest BCUT2D eigenvalue weighted by atomic mass is 10.1. The number of ether oxygens (including phenoxy) is 4. The molecule has 0 aliphatic carbocycles. The van der Waals surface area contributed by atoms with Crippen molar-refractivity contribution in [1.29, 1.82) is 0 Å². The Morgan fingerprint density at radius 2 is 1.74 bits per heavy atom. The lowest BCUT2D eigenvalue weighted by Gasteiger charge is -2.26. The van der Waals surface area contributed by atoms with Gasteiger partial charge >= 0.3 is 6.03 Å². The highest BCUT2D eigenvalue weighted by Crippen LogP contribution is 2.38. The maximum atomic E-state index is 13.6. The van der Waals surface area contributed by atoms with E-state index >= 15 is 0 Å². The van der Waals surface area contributed by atoms with Crippen molar-refractivity contribution >= 4 is 35.5 Å². The summed E-state index contributed by atoms with van der Waals surface area (Å²) in [5, 5.41) is 2.36. The molecule has 0 aromatic heterocycles. The van der Waals surface area contributed by atoms with Gasteiger partial charge in [0, 0.05) is 0 Å². The minimum Gasteiger partial charge on any atom is -0.493 e. The van der Waals surface area contributed by atoms with E-state index < -0.39 is 23.7 Å². The molecule has 0 unspecified atom stereocenters. The first-order chi connectivity index (χ1) is 20.2. The molecule has 11 heteroatoms. The molecule has 4 rings (SSSR count). The predicted molar refractivity (Wildman–Crippen MR) is 154 cm³/mol. The van der Waals surface area contributed by atoms with E-state index in [0.717, 1.165) is 11.3 Å². The molecule has 1 N–H and O–H groups in total. The minimum atomic E-state index is -0.846. The topological polar surface area (TPSA) is 103 Å². The zero-order valence-electron chi connectivity index (χ0n) is 23.4. The number of amides is 4. The molecule has 9 nitrogen and oxygen atoms in total. The van der Waals surface area contributed by atoms with Crippen LogP contribution in [0.1, 0.15) is 37.0 Å². The first-order valence-corrected chi connectivity index (χ1v) is 13.6. The van der Waals surface area contributed by atoms with Gasteiger partial charge in [0.05, 0.1) is 31.9 Å². The molecular formula is C31H30ClFN2O7. The van der Waals surface area contributed by atoms with Crippen LogP contribution in [0.3, 0.4) is 0 Å². The summed E-state index contributed by atoms with van der Waals surface area (Å²) in [4.78, 5) is 39.6. The number of hydrogen-bond acceptors (Lipinski definition) is 7. The molecule has 0 spiro atoms. The second-order valence-electron chi connectivity index (χ2n) is 9.22. The van der Waals surface area contributed by atoms with Gasteiger partial charge in [0.15, 0.2) is 23.0 Å². The zero-order valence-corrected chi connectivity index (χ0v) is 24.1. The Hall–Kier alpha value is -4.57. The quantitative estimate of drug-likeness (QED) is 0.205. The Labute approximate surface area is 247 Å². The van der Waals surface area contributed by atoms with E-state index in [2.05, 4.69) is 5.32 Å². The number of nitrogens with one attached hydrogen (secondary N) is 1. The third kappa shape index (κ3) is 7.19. The number of hydrogen-bond donors (Lipinski definition) is 1. The molecule has 1 fully saturated rings. The molecule has 0 radical (unpaired) electrons. The first-order valence-electron chi connectivity index (χ1n) is 13.3. The van der Waals surface area contributed by atoms with Gasteiger partial charge < -0.3 is 18.9 Å². The van der Waals surface area contributed by atoms with Crippen LogP contribution in [0.5, 0.6) is 23.0 Å². The van der Waals surface area contributed by atoms with Gasteiger partial charge in [-0.2, -0.15) is 0 Å². The summed E-state index contributed by atoms with van der Waals surface area (Å²) in [6, 6.07) is 13.3. The van der Waals surface area contributed by atoms with Crippen LogP contribution in [0.25, 0.3) is 6.08 Å². The summed E-state index contributed by atoms with van der Waals surface area (Å²) >= 11 is 6.51. The highest BCUT2D eigenvalue weighted by Gasteiger charge is 2.36. The summed E-state index contributed by atoms with van der Waals surface area (Å²) in [6.45, 7) is 4.46. The molecular weight excluding hydrogens is 567 g/mol. The van der Waals surface area contributed by atoms with Crippen molar-refractivity contribution in [3.05, 3.63) is 87.7 Å². The second kappa shape index (κ2) is 13.9. The Kier molecular flexibility index (Phi) is 10.0. The van der Waals surface area contributed by atoms with Gasteiger partial charge in [-0.3, -0.25) is 19.8 Å². The zero-order chi connectivity index (χ0) is 30.2. The van der Waals surface area contributed by atoms with E-state index in [9.17, 15) is 18.8 Å². The van der Waals surface area contributed by atoms with E-state index in [1.54, 1.807) is 43.3 Å². The Balaban J connectivity index is 1.59. The highest BCUT2D eigenvalue weighted by atomic mass is 35.5. The summed E-state index contributed by atoms with van der Waals surface area (Å²) in [6.07, 6.45) is 2.14. The van der Waals surface area contributed by atoms with Gasteiger partial charge in [-0.05, 0) is 72.5 Å². The molecule has 0 atom stereocenters. The molecule has 4 amide bonds. The van der Waals surface area contributed by atoms with Gasteiger partial charge in [-0.1, -0.05) is 36.7 Å². The van der Waals surface area contributed by atoms with Crippen molar-refractivity contribution in [3.63, 3.8) is 0 Å². The van der Waals surface area contributed by atoms with Crippen molar-refractivity contribution in [2.24, 2.45) is 0 Å². The van der Waals surface area contributed by atoms with Crippen LogP contribution in [-0.4, -0.2) is 43.1 Å². The lowest BCUT2D eigenvalue weighted by molar-refractivity contribution is -0.130. The molecule has 1 heterocycles. The van der Waals surface area contributed by atoms with Gasteiger partial charge in [-0.15, -0.1) is 0 Å². The van der Waals surface area contributed by atoms with Crippen LogP contribution in [0, 0.1) is 5.82 Å². The number of carbonyl (C=O) groups is 3. The normalized spacial score (nSPS) is 14.2. The standard InChI is InChI=1S/C31H30ClFN2O7/c1-4-11-41-25-10-9-19(15-26(25)39-3)17-35-30(37)23(29(36)34-31(35)38)13-21-14-24(32)28(27(16-21)40-5-2)42-18-20-7-6-8-22(33)12-20/h6-10,12-16H,4-5,11,17-18H2,1-3H3,(H,34,36,38)/b23-13+. The number of methoxy groups -OCH3 is 1. The molecule has 1 saturated heterocycles. The molecule has 220 valence electrons. The first kappa shape index (κ1) is 30.4. The van der Waals surface area contributed by atoms with Crippen LogP contribution in [0.15, 0.2) is 60.2 Å². The molecule has 1 aliphatic heterocycles. The number of rotatable bonds is 12. The Bertz CT molecular complexity index is 1530. The average molecular weight is 597 g/mol. The fraction of sp³-hybridized carbons (Fsp3) is 0.258. The second-order valence-corrected chi connectivity index (χ2v) is 9.63. The number of urea groups is 1. The minimum absolute atomic E-state index is 0.0342. The van der Waals surface area contributed by atoms with E-state index in [0.29, 0.717) is 34.8 Å². The van der Waals surface area contributed by atoms with Crippen LogP contribution in [0.2, 0.25) is 5.02 Å². The number of benzene rings is 3. The lowest BCUT2D eigenvalue weighted by Crippen LogP contribution is -2.53. The van der Waals surface area contributed by atoms with Crippen molar-refractivity contribution in [2.75, 3.05) is 20.3 Å². The van der Waals surface area contributed by atoms with Crippen LogP contribution < -0.4 is 24.3 Å². The summed E-state index contributed by atoms with van der Waals surface area (Å²) < 4.78 is 36.2. The van der Waals surface area contributed by atoms with Crippen LogP contribution in [0.4, 0.5) is 9.18 Å². The van der Waals surface area contributed by atoms with Crippen molar-refractivity contribution in [1.82, 2.24) is 10.2 Å². The molecule has 1 aliphatic rings. The third-order valence-electron chi connectivity index (χ3n) is 6.13. The average Bonchev–Trinajstić information content (AvgIpc) is 2.96. The molecule has 42 heavy (non-hydrogen) atoms. The fourth-order valence-electron chi connectivity index (χ4n) is 4.18. The number of imide groups is 2. The van der Waals surface area contributed by atoms with Gasteiger partial charge in [0.1, 0.15) is 18.0 Å². The Morgan fingerprint density at radius 1 is 0.929 bits per heavy atom. The predicted octanol–water partition coefficient (Wildman–Crippen LogP) is 5.92. The SMILES string of the molecule is CCCOc1ccc(CN2C(=O)NC(=O)/C(=C\c3cc(Cl)c(OCc4cccc(F)c4)c(OCC)c3)C2=O)cc1OC. The molecule has 0 bridgehead atoms.